The fourth-order valence-electron chi connectivity index (χ4n) is 2.13. The summed E-state index contributed by atoms with van der Waals surface area (Å²) in [5.74, 6) is 2.79. The maximum atomic E-state index is 4.55. The lowest BCUT2D eigenvalue weighted by atomic mass is 10.0. The topological polar surface area (TPSA) is 37.0 Å². The lowest BCUT2D eigenvalue weighted by Gasteiger charge is -2.09. The summed E-state index contributed by atoms with van der Waals surface area (Å²) in [7, 11) is 0. The minimum atomic E-state index is 0.843. The zero-order chi connectivity index (χ0) is 14.6. The van der Waals surface area contributed by atoms with Crippen molar-refractivity contribution in [2.45, 2.75) is 59.3 Å². The van der Waals surface area contributed by atoms with Crippen molar-refractivity contribution in [3.63, 3.8) is 0 Å². The van der Waals surface area contributed by atoms with Gasteiger partial charge >= 0.3 is 0 Å². The molecular formula is C17H31N3. The predicted octanol–water partition coefficient (Wildman–Crippen LogP) is 4.92. The van der Waals surface area contributed by atoms with Crippen molar-refractivity contribution in [2.75, 3.05) is 23.7 Å². The van der Waals surface area contributed by atoms with Gasteiger partial charge in [-0.2, -0.15) is 0 Å². The molecule has 0 saturated carbocycles. The highest BCUT2D eigenvalue weighted by molar-refractivity contribution is 5.44. The maximum absolute atomic E-state index is 4.55. The van der Waals surface area contributed by atoms with Gasteiger partial charge in [-0.05, 0) is 30.9 Å². The van der Waals surface area contributed by atoms with Crippen LogP contribution < -0.4 is 10.6 Å². The molecule has 3 heteroatoms. The van der Waals surface area contributed by atoms with Gasteiger partial charge in [-0.3, -0.25) is 0 Å². The molecule has 2 N–H and O–H groups in total. The van der Waals surface area contributed by atoms with Crippen LogP contribution in [-0.2, 0) is 0 Å². The molecule has 0 unspecified atom stereocenters. The average Bonchev–Trinajstić information content (AvgIpc) is 2.44. The zero-order valence-corrected chi connectivity index (χ0v) is 13.4. The molecule has 1 aromatic heterocycles. The molecule has 0 aliphatic carbocycles. The normalized spacial score (nSPS) is 10.8. The van der Waals surface area contributed by atoms with Gasteiger partial charge in [0.25, 0.3) is 0 Å². The summed E-state index contributed by atoms with van der Waals surface area (Å²) in [6, 6.07) is 6.11. The third-order valence-electron chi connectivity index (χ3n) is 3.32. The van der Waals surface area contributed by atoms with Gasteiger partial charge < -0.3 is 10.6 Å². The molecular weight excluding hydrogens is 246 g/mol. The number of unbranched alkanes of at least 4 members (excludes halogenated alkanes) is 3. The van der Waals surface area contributed by atoms with Crippen LogP contribution in [0.2, 0.25) is 0 Å². The first-order chi connectivity index (χ1) is 9.72. The van der Waals surface area contributed by atoms with E-state index >= 15 is 0 Å². The Kier molecular flexibility index (Phi) is 8.84. The third-order valence-corrected chi connectivity index (χ3v) is 3.32. The first-order valence-electron chi connectivity index (χ1n) is 8.17. The second kappa shape index (κ2) is 10.5. The Morgan fingerprint density at radius 1 is 0.950 bits per heavy atom. The average molecular weight is 277 g/mol. The minimum Gasteiger partial charge on any atom is -0.370 e. The summed E-state index contributed by atoms with van der Waals surface area (Å²) in [5, 5.41) is 6.72. The number of aromatic nitrogens is 1. The number of anilines is 2. The Morgan fingerprint density at radius 2 is 1.60 bits per heavy atom. The van der Waals surface area contributed by atoms with Gasteiger partial charge in [0.15, 0.2) is 0 Å². The summed E-state index contributed by atoms with van der Waals surface area (Å²) in [6.45, 7) is 8.76. The molecule has 1 aromatic rings. The Morgan fingerprint density at radius 3 is 2.25 bits per heavy atom. The van der Waals surface area contributed by atoms with Gasteiger partial charge in [0.05, 0.1) is 0 Å². The molecule has 114 valence electrons. The van der Waals surface area contributed by atoms with Crippen LogP contribution in [0.25, 0.3) is 0 Å². The molecule has 0 bridgehead atoms. The van der Waals surface area contributed by atoms with Gasteiger partial charge in [-0.25, -0.2) is 4.98 Å². The molecule has 0 saturated heterocycles. The highest BCUT2D eigenvalue weighted by atomic mass is 15.1. The van der Waals surface area contributed by atoms with Crippen molar-refractivity contribution in [1.82, 2.24) is 4.98 Å². The van der Waals surface area contributed by atoms with Crippen LogP contribution in [0.5, 0.6) is 0 Å². The van der Waals surface area contributed by atoms with Crippen molar-refractivity contribution in [3.05, 3.63) is 18.2 Å². The number of rotatable bonds is 11. The van der Waals surface area contributed by atoms with Gasteiger partial charge in [0, 0.05) is 13.1 Å². The van der Waals surface area contributed by atoms with Crippen LogP contribution in [0.4, 0.5) is 11.6 Å². The molecule has 0 aliphatic heterocycles. The first-order valence-corrected chi connectivity index (χ1v) is 8.17. The molecule has 1 heterocycles. The Bertz CT molecular complexity index is 350. The largest absolute Gasteiger partial charge is 0.370 e. The third kappa shape index (κ3) is 8.03. The van der Waals surface area contributed by atoms with Gasteiger partial charge in [-0.15, -0.1) is 0 Å². The summed E-state index contributed by atoms with van der Waals surface area (Å²) in [6.07, 6.45) is 7.74. The lowest BCUT2D eigenvalue weighted by molar-refractivity contribution is 0.523. The number of hydrogen-bond acceptors (Lipinski definition) is 3. The van der Waals surface area contributed by atoms with Crippen molar-refractivity contribution in [2.24, 2.45) is 5.92 Å². The van der Waals surface area contributed by atoms with E-state index < -0.39 is 0 Å². The predicted molar refractivity (Wildman–Crippen MR) is 89.4 cm³/mol. The van der Waals surface area contributed by atoms with Crippen molar-refractivity contribution >= 4 is 11.6 Å². The fourth-order valence-corrected chi connectivity index (χ4v) is 2.13. The molecule has 0 fully saturated rings. The highest BCUT2D eigenvalue weighted by Gasteiger charge is 1.97. The molecule has 0 aromatic carbocycles. The molecule has 1 rings (SSSR count). The summed E-state index contributed by atoms with van der Waals surface area (Å²) in [4.78, 5) is 4.55. The summed E-state index contributed by atoms with van der Waals surface area (Å²) in [5.41, 5.74) is 0. The van der Waals surface area contributed by atoms with E-state index in [1.54, 1.807) is 0 Å². The van der Waals surface area contributed by atoms with E-state index in [-0.39, 0.29) is 0 Å². The van der Waals surface area contributed by atoms with E-state index in [9.17, 15) is 0 Å². The quantitative estimate of drug-likeness (QED) is 0.564. The van der Waals surface area contributed by atoms with E-state index in [2.05, 4.69) is 42.5 Å². The van der Waals surface area contributed by atoms with Crippen molar-refractivity contribution in [3.8, 4) is 0 Å². The standard InChI is InChI=1S/C17H31N3/c1-4-13-18-16-11-9-12-17(20-16)19-14-8-6-5-7-10-15(2)3/h9,11-12,15H,4-8,10,13-14H2,1-3H3,(H2,18,19,20). The smallest absolute Gasteiger partial charge is 0.128 e. The monoisotopic (exact) mass is 277 g/mol. The van der Waals surface area contributed by atoms with Crippen LogP contribution in [0.15, 0.2) is 18.2 Å². The van der Waals surface area contributed by atoms with Crippen LogP contribution in [0.1, 0.15) is 59.3 Å². The Labute approximate surface area is 124 Å². The second-order valence-electron chi connectivity index (χ2n) is 5.86. The molecule has 0 amide bonds. The summed E-state index contributed by atoms with van der Waals surface area (Å²) >= 11 is 0. The van der Waals surface area contributed by atoms with Crippen LogP contribution in [-0.4, -0.2) is 18.1 Å². The van der Waals surface area contributed by atoms with E-state index in [4.69, 9.17) is 0 Å². The van der Waals surface area contributed by atoms with Crippen LogP contribution in [0.3, 0.4) is 0 Å². The van der Waals surface area contributed by atoms with Crippen LogP contribution in [0, 0.1) is 5.92 Å². The number of hydrogen-bond donors (Lipinski definition) is 2. The van der Waals surface area contributed by atoms with Gasteiger partial charge in [0.2, 0.25) is 0 Å². The molecule has 3 nitrogen and oxygen atoms in total. The van der Waals surface area contributed by atoms with Crippen LogP contribution >= 0.6 is 0 Å². The first kappa shape index (κ1) is 16.8. The Hall–Kier alpha value is -1.25. The number of pyridine rings is 1. The molecule has 0 aliphatic rings. The molecule has 20 heavy (non-hydrogen) atoms. The number of nitrogens with zero attached hydrogens (tertiary/aromatic N) is 1. The van der Waals surface area contributed by atoms with E-state index in [1.165, 1.54) is 32.1 Å². The van der Waals surface area contributed by atoms with Gasteiger partial charge in [0.1, 0.15) is 11.6 Å². The summed E-state index contributed by atoms with van der Waals surface area (Å²) < 4.78 is 0. The van der Waals surface area contributed by atoms with E-state index in [0.29, 0.717) is 0 Å². The molecule has 0 spiro atoms. The second-order valence-corrected chi connectivity index (χ2v) is 5.86. The fraction of sp³-hybridized carbons (Fsp3) is 0.706. The lowest BCUT2D eigenvalue weighted by Crippen LogP contribution is -2.06. The number of nitrogens with one attached hydrogen (secondary N) is 2. The van der Waals surface area contributed by atoms with Crippen molar-refractivity contribution in [1.29, 1.82) is 0 Å². The Balaban J connectivity index is 2.12. The molecule has 0 radical (unpaired) electrons. The SMILES string of the molecule is CCCNc1cccc(NCCCCCCC(C)C)n1. The zero-order valence-electron chi connectivity index (χ0n) is 13.4. The highest BCUT2D eigenvalue weighted by Crippen LogP contribution is 2.11. The molecule has 0 atom stereocenters. The van der Waals surface area contributed by atoms with Crippen molar-refractivity contribution < 1.29 is 0 Å². The van der Waals surface area contributed by atoms with E-state index in [0.717, 1.165) is 37.1 Å². The minimum absolute atomic E-state index is 0.843. The van der Waals surface area contributed by atoms with Gasteiger partial charge in [-0.1, -0.05) is 52.5 Å². The van der Waals surface area contributed by atoms with E-state index in [1.807, 2.05) is 12.1 Å². The maximum Gasteiger partial charge on any atom is 0.128 e.